The molecule has 0 aliphatic carbocycles. The first-order chi connectivity index (χ1) is 13.3. The van der Waals surface area contributed by atoms with E-state index in [4.69, 9.17) is 9.47 Å². The molecule has 0 spiro atoms. The van der Waals surface area contributed by atoms with Gasteiger partial charge in [0, 0.05) is 25.2 Å². The van der Waals surface area contributed by atoms with Crippen LogP contribution in [0.3, 0.4) is 0 Å². The average molecular weight is 408 g/mol. The smallest absolute Gasteiger partial charge is 0.241 e. The fraction of sp³-hybridized carbons (Fsp3) is 0.400. The van der Waals surface area contributed by atoms with Gasteiger partial charge in [-0.1, -0.05) is 6.07 Å². The van der Waals surface area contributed by atoms with Crippen molar-refractivity contribution >= 4 is 15.7 Å². The number of hydrogen-bond donors (Lipinski definition) is 1. The van der Waals surface area contributed by atoms with Gasteiger partial charge in [-0.25, -0.2) is 17.5 Å². The number of benzene rings is 2. The van der Waals surface area contributed by atoms with Gasteiger partial charge in [0.1, 0.15) is 5.82 Å². The van der Waals surface area contributed by atoms with Gasteiger partial charge in [0.05, 0.1) is 24.8 Å². The van der Waals surface area contributed by atoms with Gasteiger partial charge >= 0.3 is 0 Å². The molecule has 28 heavy (non-hydrogen) atoms. The second-order valence-corrected chi connectivity index (χ2v) is 8.59. The van der Waals surface area contributed by atoms with Crippen molar-refractivity contribution in [2.45, 2.75) is 30.7 Å². The molecule has 1 aliphatic heterocycles. The second kappa shape index (κ2) is 8.36. The topological polar surface area (TPSA) is 67.9 Å². The molecule has 1 fully saturated rings. The van der Waals surface area contributed by atoms with E-state index in [2.05, 4.69) is 4.72 Å². The fourth-order valence-corrected chi connectivity index (χ4v) is 4.71. The van der Waals surface area contributed by atoms with Crippen molar-refractivity contribution in [2.24, 2.45) is 0 Å². The van der Waals surface area contributed by atoms with Crippen LogP contribution >= 0.6 is 0 Å². The van der Waals surface area contributed by atoms with E-state index in [9.17, 15) is 12.8 Å². The van der Waals surface area contributed by atoms with Crippen LogP contribution in [0.2, 0.25) is 0 Å². The van der Waals surface area contributed by atoms with Gasteiger partial charge in [-0.3, -0.25) is 0 Å². The minimum absolute atomic E-state index is 0.101. The number of aryl methyl sites for hydroxylation is 1. The molecule has 152 valence electrons. The highest BCUT2D eigenvalue weighted by Gasteiger charge is 2.27. The Labute approximate surface area is 165 Å². The molecular formula is C20H25FN2O4S. The standard InChI is InChI=1S/C20H25FN2O4S/c1-14-6-8-17(21)18(11-14)23-10-4-5-15(13-23)22-28(24,25)16-7-9-19(26-2)20(12-16)27-3/h6-9,11-12,15,22H,4-5,10,13H2,1-3H3. The Balaban J connectivity index is 1.78. The van der Waals surface area contributed by atoms with Crippen molar-refractivity contribution in [1.29, 1.82) is 0 Å². The lowest BCUT2D eigenvalue weighted by Gasteiger charge is -2.35. The molecule has 1 aliphatic rings. The van der Waals surface area contributed by atoms with Gasteiger partial charge in [0.25, 0.3) is 0 Å². The van der Waals surface area contributed by atoms with Crippen molar-refractivity contribution in [2.75, 3.05) is 32.2 Å². The lowest BCUT2D eigenvalue weighted by Crippen LogP contribution is -2.48. The Kier molecular flexibility index (Phi) is 6.10. The number of sulfonamides is 1. The van der Waals surface area contributed by atoms with Crippen molar-refractivity contribution < 1.29 is 22.3 Å². The SMILES string of the molecule is COc1ccc(S(=O)(=O)NC2CCCN(c3cc(C)ccc3F)C2)cc1OC. The first kappa shape index (κ1) is 20.4. The van der Waals surface area contributed by atoms with Gasteiger partial charge in [0.2, 0.25) is 10.0 Å². The van der Waals surface area contributed by atoms with Crippen molar-refractivity contribution in [3.8, 4) is 11.5 Å². The summed E-state index contributed by atoms with van der Waals surface area (Å²) in [4.78, 5) is 2.00. The second-order valence-electron chi connectivity index (χ2n) is 6.88. The average Bonchev–Trinajstić information content (AvgIpc) is 2.69. The van der Waals surface area contributed by atoms with E-state index in [1.165, 1.54) is 32.4 Å². The van der Waals surface area contributed by atoms with Crippen LogP contribution in [0.5, 0.6) is 11.5 Å². The predicted molar refractivity (Wildman–Crippen MR) is 106 cm³/mol. The molecule has 1 heterocycles. The highest BCUT2D eigenvalue weighted by Crippen LogP contribution is 2.30. The Bertz CT molecular complexity index is 949. The van der Waals surface area contributed by atoms with E-state index in [-0.39, 0.29) is 16.8 Å². The van der Waals surface area contributed by atoms with Crippen LogP contribution in [0.25, 0.3) is 0 Å². The number of halogens is 1. The van der Waals surface area contributed by atoms with Gasteiger partial charge in [-0.2, -0.15) is 0 Å². The summed E-state index contributed by atoms with van der Waals surface area (Å²) in [5.74, 6) is 0.506. The first-order valence-corrected chi connectivity index (χ1v) is 10.6. The normalized spacial score (nSPS) is 17.4. The van der Waals surface area contributed by atoms with Gasteiger partial charge in [-0.15, -0.1) is 0 Å². The van der Waals surface area contributed by atoms with Gasteiger partial charge < -0.3 is 14.4 Å². The summed E-state index contributed by atoms with van der Waals surface area (Å²) >= 11 is 0. The lowest BCUT2D eigenvalue weighted by molar-refractivity contribution is 0.354. The van der Waals surface area contributed by atoms with Gasteiger partial charge in [-0.05, 0) is 49.6 Å². The number of rotatable bonds is 6. The van der Waals surface area contributed by atoms with Crippen molar-refractivity contribution in [3.63, 3.8) is 0 Å². The maximum Gasteiger partial charge on any atom is 0.241 e. The first-order valence-electron chi connectivity index (χ1n) is 9.09. The maximum atomic E-state index is 14.2. The fourth-order valence-electron chi connectivity index (χ4n) is 3.43. The summed E-state index contributed by atoms with van der Waals surface area (Å²) in [7, 11) is -0.801. The largest absolute Gasteiger partial charge is 0.493 e. The molecule has 6 nitrogen and oxygen atoms in total. The number of nitrogens with one attached hydrogen (secondary N) is 1. The molecule has 0 amide bonds. The third-order valence-corrected chi connectivity index (χ3v) is 6.37. The number of piperidine rings is 1. The number of ether oxygens (including phenoxy) is 2. The van der Waals surface area contributed by atoms with E-state index in [0.29, 0.717) is 36.7 Å². The predicted octanol–water partition coefficient (Wildman–Crippen LogP) is 3.10. The quantitative estimate of drug-likeness (QED) is 0.796. The minimum Gasteiger partial charge on any atom is -0.493 e. The molecule has 1 saturated heterocycles. The number of anilines is 1. The Hall–Kier alpha value is -2.32. The molecule has 0 aromatic heterocycles. The third kappa shape index (κ3) is 4.39. The van der Waals surface area contributed by atoms with Crippen LogP contribution in [-0.2, 0) is 10.0 Å². The zero-order valence-electron chi connectivity index (χ0n) is 16.2. The van der Waals surface area contributed by atoms with E-state index < -0.39 is 10.0 Å². The van der Waals surface area contributed by atoms with Crippen LogP contribution in [0.1, 0.15) is 18.4 Å². The zero-order valence-corrected chi connectivity index (χ0v) is 17.1. The molecular weight excluding hydrogens is 383 g/mol. The van der Waals surface area contributed by atoms with E-state index in [1.807, 2.05) is 11.8 Å². The number of hydrogen-bond acceptors (Lipinski definition) is 5. The summed E-state index contributed by atoms with van der Waals surface area (Å²) < 4.78 is 53.0. The molecule has 1 N–H and O–H groups in total. The highest BCUT2D eigenvalue weighted by molar-refractivity contribution is 7.89. The summed E-state index contributed by atoms with van der Waals surface area (Å²) in [6, 6.07) is 9.12. The molecule has 0 radical (unpaired) electrons. The molecule has 3 rings (SSSR count). The monoisotopic (exact) mass is 408 g/mol. The van der Waals surface area contributed by atoms with Crippen molar-refractivity contribution in [3.05, 3.63) is 47.8 Å². The number of nitrogens with zero attached hydrogens (tertiary/aromatic N) is 1. The summed E-state index contributed by atoms with van der Waals surface area (Å²) in [6.07, 6.45) is 1.46. The summed E-state index contributed by atoms with van der Waals surface area (Å²) in [5, 5.41) is 0. The minimum atomic E-state index is -3.75. The van der Waals surface area contributed by atoms with Crippen molar-refractivity contribution in [1.82, 2.24) is 4.72 Å². The molecule has 1 atom stereocenters. The van der Waals surface area contributed by atoms with Gasteiger partial charge in [0.15, 0.2) is 11.5 Å². The number of methoxy groups -OCH3 is 2. The van der Waals surface area contributed by atoms with Crippen LogP contribution in [0, 0.1) is 12.7 Å². The van der Waals surface area contributed by atoms with Crippen LogP contribution < -0.4 is 19.1 Å². The zero-order chi connectivity index (χ0) is 20.3. The Morgan fingerprint density at radius 2 is 1.86 bits per heavy atom. The third-order valence-electron chi connectivity index (χ3n) is 4.85. The molecule has 2 aromatic rings. The molecule has 0 bridgehead atoms. The van der Waals surface area contributed by atoms with Crippen LogP contribution in [-0.4, -0.2) is 41.8 Å². The Morgan fingerprint density at radius 1 is 1.11 bits per heavy atom. The maximum absolute atomic E-state index is 14.2. The summed E-state index contributed by atoms with van der Waals surface area (Å²) in [6.45, 7) is 3.01. The van der Waals surface area contributed by atoms with Crippen LogP contribution in [0.4, 0.5) is 10.1 Å². The van der Waals surface area contributed by atoms with Crippen LogP contribution in [0.15, 0.2) is 41.3 Å². The molecule has 0 saturated carbocycles. The van der Waals surface area contributed by atoms with E-state index in [1.54, 1.807) is 18.2 Å². The lowest BCUT2D eigenvalue weighted by atomic mass is 10.1. The van der Waals surface area contributed by atoms with E-state index >= 15 is 0 Å². The molecule has 1 unspecified atom stereocenters. The molecule has 8 heteroatoms. The highest BCUT2D eigenvalue weighted by atomic mass is 32.2. The Morgan fingerprint density at radius 3 is 2.57 bits per heavy atom. The summed E-state index contributed by atoms with van der Waals surface area (Å²) in [5.41, 5.74) is 1.47. The molecule has 2 aromatic carbocycles. The van der Waals surface area contributed by atoms with E-state index in [0.717, 1.165) is 12.0 Å².